The number of carbonyl (C=O) groups excluding carboxylic acids is 3. The summed E-state index contributed by atoms with van der Waals surface area (Å²) in [5.74, 6) is -0.360. The number of nitrogens with zero attached hydrogens (tertiary/aromatic N) is 1. The van der Waals surface area contributed by atoms with Gasteiger partial charge in [0.1, 0.15) is 23.7 Å². The monoisotopic (exact) mass is 506 g/mol. The largest absolute Gasteiger partial charge is 0.494 e. The SMILES string of the molecule is CCOc1ccc(N2C(=O)NC(=O)/C(=C\c3c(OCc4ccc(C)cc4)ccc4ccccc34)C2=O)cc1. The third-order valence-corrected chi connectivity index (χ3v) is 6.24. The average molecular weight is 507 g/mol. The van der Waals surface area contributed by atoms with Crippen LogP contribution in [0.4, 0.5) is 10.5 Å². The lowest BCUT2D eigenvalue weighted by Gasteiger charge is -2.26. The van der Waals surface area contributed by atoms with Crippen LogP contribution in [-0.2, 0) is 16.2 Å². The van der Waals surface area contributed by atoms with E-state index in [0.29, 0.717) is 36.0 Å². The minimum absolute atomic E-state index is 0.171. The van der Waals surface area contributed by atoms with Gasteiger partial charge in [0.05, 0.1) is 12.3 Å². The highest BCUT2D eigenvalue weighted by molar-refractivity contribution is 6.39. The van der Waals surface area contributed by atoms with Crippen LogP contribution in [0.2, 0.25) is 0 Å². The molecule has 1 aliphatic heterocycles. The summed E-state index contributed by atoms with van der Waals surface area (Å²) in [5, 5.41) is 4.02. The van der Waals surface area contributed by atoms with Gasteiger partial charge in [0.25, 0.3) is 11.8 Å². The summed E-state index contributed by atoms with van der Waals surface area (Å²) in [7, 11) is 0. The first-order valence-corrected chi connectivity index (χ1v) is 12.3. The Labute approximate surface area is 220 Å². The van der Waals surface area contributed by atoms with E-state index in [1.54, 1.807) is 24.3 Å². The molecule has 0 aliphatic carbocycles. The van der Waals surface area contributed by atoms with Crippen molar-refractivity contribution in [1.82, 2.24) is 5.32 Å². The maximum atomic E-state index is 13.5. The molecule has 38 heavy (non-hydrogen) atoms. The van der Waals surface area contributed by atoms with E-state index in [-0.39, 0.29) is 5.57 Å². The van der Waals surface area contributed by atoms with Crippen molar-refractivity contribution in [3.63, 3.8) is 0 Å². The van der Waals surface area contributed by atoms with Crippen molar-refractivity contribution in [3.05, 3.63) is 107 Å². The number of barbiturate groups is 1. The molecule has 4 aromatic carbocycles. The maximum absolute atomic E-state index is 13.5. The molecule has 0 atom stereocenters. The highest BCUT2D eigenvalue weighted by Crippen LogP contribution is 2.32. The van der Waals surface area contributed by atoms with Crippen LogP contribution in [0.5, 0.6) is 11.5 Å². The Hall–Kier alpha value is -4.91. The molecule has 1 saturated heterocycles. The molecule has 7 heteroatoms. The molecule has 1 heterocycles. The molecule has 0 aromatic heterocycles. The Morgan fingerprint density at radius 2 is 1.58 bits per heavy atom. The van der Waals surface area contributed by atoms with Crippen LogP contribution in [0, 0.1) is 6.92 Å². The number of ether oxygens (including phenoxy) is 2. The average Bonchev–Trinajstić information content (AvgIpc) is 2.92. The molecule has 0 spiro atoms. The molecule has 7 nitrogen and oxygen atoms in total. The summed E-state index contributed by atoms with van der Waals surface area (Å²) in [6, 6.07) is 25.1. The van der Waals surface area contributed by atoms with E-state index in [4.69, 9.17) is 9.47 Å². The molecule has 190 valence electrons. The highest BCUT2D eigenvalue weighted by atomic mass is 16.5. The Kier molecular flexibility index (Phi) is 6.91. The van der Waals surface area contributed by atoms with E-state index < -0.39 is 17.8 Å². The topological polar surface area (TPSA) is 84.9 Å². The third kappa shape index (κ3) is 4.99. The van der Waals surface area contributed by atoms with Gasteiger partial charge in [-0.15, -0.1) is 0 Å². The molecule has 0 saturated carbocycles. The maximum Gasteiger partial charge on any atom is 0.335 e. The van der Waals surface area contributed by atoms with Gasteiger partial charge >= 0.3 is 6.03 Å². The fourth-order valence-corrected chi connectivity index (χ4v) is 4.29. The second kappa shape index (κ2) is 10.6. The van der Waals surface area contributed by atoms with E-state index >= 15 is 0 Å². The summed E-state index contributed by atoms with van der Waals surface area (Å²) >= 11 is 0. The zero-order chi connectivity index (χ0) is 26.6. The minimum atomic E-state index is -0.810. The number of benzene rings is 4. The summed E-state index contributed by atoms with van der Waals surface area (Å²) in [4.78, 5) is 40.0. The fraction of sp³-hybridized carbons (Fsp3) is 0.129. The number of aryl methyl sites for hydroxylation is 1. The second-order valence-corrected chi connectivity index (χ2v) is 8.86. The quantitative estimate of drug-likeness (QED) is 0.253. The third-order valence-electron chi connectivity index (χ3n) is 6.24. The number of amides is 4. The zero-order valence-electron chi connectivity index (χ0n) is 21.1. The number of hydrogen-bond acceptors (Lipinski definition) is 5. The van der Waals surface area contributed by atoms with Crippen molar-refractivity contribution in [2.75, 3.05) is 11.5 Å². The molecular weight excluding hydrogens is 480 g/mol. The number of anilines is 1. The molecule has 0 unspecified atom stereocenters. The number of carbonyl (C=O) groups is 3. The first-order chi connectivity index (χ1) is 18.4. The molecule has 4 amide bonds. The molecule has 4 aromatic rings. The summed E-state index contributed by atoms with van der Waals surface area (Å²) in [6.07, 6.45) is 1.50. The summed E-state index contributed by atoms with van der Waals surface area (Å²) in [6.45, 7) is 4.69. The standard InChI is InChI=1S/C31H26N2O5/c1-3-37-24-15-13-23(14-16-24)33-30(35)27(29(34)32-31(33)36)18-26-25-7-5-4-6-22(25)12-17-28(26)38-19-21-10-8-20(2)9-11-21/h4-18H,3,19H2,1-2H3,(H,32,34,36)/b27-18+. The number of hydrogen-bond donors (Lipinski definition) is 1. The zero-order valence-corrected chi connectivity index (χ0v) is 21.1. The number of fused-ring (bicyclic) bond motifs is 1. The van der Waals surface area contributed by atoms with Crippen molar-refractivity contribution >= 4 is 40.4 Å². The normalized spacial score (nSPS) is 14.6. The molecular formula is C31H26N2O5. The number of nitrogens with one attached hydrogen (secondary N) is 1. The predicted molar refractivity (Wildman–Crippen MR) is 146 cm³/mol. The van der Waals surface area contributed by atoms with Crippen LogP contribution in [-0.4, -0.2) is 24.5 Å². The second-order valence-electron chi connectivity index (χ2n) is 8.86. The summed E-state index contributed by atoms with van der Waals surface area (Å²) < 4.78 is 11.6. The minimum Gasteiger partial charge on any atom is -0.494 e. The smallest absolute Gasteiger partial charge is 0.335 e. The lowest BCUT2D eigenvalue weighted by molar-refractivity contribution is -0.122. The predicted octanol–water partition coefficient (Wildman–Crippen LogP) is 5.79. The number of urea groups is 1. The van der Waals surface area contributed by atoms with E-state index in [1.165, 1.54) is 6.08 Å². The molecule has 0 radical (unpaired) electrons. The van der Waals surface area contributed by atoms with Crippen molar-refractivity contribution in [2.24, 2.45) is 0 Å². The van der Waals surface area contributed by atoms with Gasteiger partial charge in [-0.25, -0.2) is 9.69 Å². The van der Waals surface area contributed by atoms with Crippen LogP contribution in [0.1, 0.15) is 23.6 Å². The highest BCUT2D eigenvalue weighted by Gasteiger charge is 2.37. The first-order valence-electron chi connectivity index (χ1n) is 12.3. The van der Waals surface area contributed by atoms with E-state index in [1.807, 2.05) is 74.5 Å². The summed E-state index contributed by atoms with van der Waals surface area (Å²) in [5.41, 5.74) is 2.87. The van der Waals surface area contributed by atoms with Crippen LogP contribution in [0.15, 0.2) is 90.5 Å². The van der Waals surface area contributed by atoms with Crippen molar-refractivity contribution in [3.8, 4) is 11.5 Å². The molecule has 5 rings (SSSR count). The number of rotatable bonds is 7. The van der Waals surface area contributed by atoms with Gasteiger partial charge in [0, 0.05) is 5.56 Å². The van der Waals surface area contributed by atoms with E-state index in [0.717, 1.165) is 26.8 Å². The van der Waals surface area contributed by atoms with Gasteiger partial charge in [-0.2, -0.15) is 0 Å². The molecule has 1 fully saturated rings. The Morgan fingerprint density at radius 3 is 2.32 bits per heavy atom. The van der Waals surface area contributed by atoms with Crippen molar-refractivity contribution < 1.29 is 23.9 Å². The van der Waals surface area contributed by atoms with Gasteiger partial charge < -0.3 is 9.47 Å². The molecule has 1 N–H and O–H groups in total. The van der Waals surface area contributed by atoms with Gasteiger partial charge in [-0.3, -0.25) is 14.9 Å². The number of imide groups is 2. The van der Waals surface area contributed by atoms with Gasteiger partial charge in [-0.05, 0) is 66.6 Å². The van der Waals surface area contributed by atoms with Gasteiger partial charge in [-0.1, -0.05) is 60.2 Å². The molecule has 0 bridgehead atoms. The van der Waals surface area contributed by atoms with E-state index in [2.05, 4.69) is 5.32 Å². The lowest BCUT2D eigenvalue weighted by atomic mass is 9.99. The first kappa shape index (κ1) is 24.8. The van der Waals surface area contributed by atoms with Gasteiger partial charge in [0.15, 0.2) is 0 Å². The van der Waals surface area contributed by atoms with Crippen LogP contribution in [0.25, 0.3) is 16.8 Å². The van der Waals surface area contributed by atoms with Crippen LogP contribution >= 0.6 is 0 Å². The van der Waals surface area contributed by atoms with E-state index in [9.17, 15) is 14.4 Å². The van der Waals surface area contributed by atoms with Crippen LogP contribution in [0.3, 0.4) is 0 Å². The fourth-order valence-electron chi connectivity index (χ4n) is 4.29. The molecule has 1 aliphatic rings. The van der Waals surface area contributed by atoms with Crippen LogP contribution < -0.4 is 19.7 Å². The van der Waals surface area contributed by atoms with Crippen molar-refractivity contribution in [1.29, 1.82) is 0 Å². The Balaban J connectivity index is 1.54. The lowest BCUT2D eigenvalue weighted by Crippen LogP contribution is -2.54. The van der Waals surface area contributed by atoms with Gasteiger partial charge in [0.2, 0.25) is 0 Å². The Morgan fingerprint density at radius 1 is 0.842 bits per heavy atom. The Bertz CT molecular complexity index is 1560. The van der Waals surface area contributed by atoms with Crippen molar-refractivity contribution in [2.45, 2.75) is 20.5 Å².